The van der Waals surface area contributed by atoms with E-state index in [-0.39, 0.29) is 0 Å². The maximum atomic E-state index is 10.1. The van der Waals surface area contributed by atoms with Crippen molar-refractivity contribution in [2.24, 2.45) is 5.92 Å². The fourth-order valence-electron chi connectivity index (χ4n) is 3.13. The Morgan fingerprint density at radius 1 is 1.23 bits per heavy atom. The molecule has 3 atom stereocenters. The van der Waals surface area contributed by atoms with E-state index in [2.05, 4.69) is 12.2 Å². The number of rotatable bonds is 8. The van der Waals surface area contributed by atoms with Crippen LogP contribution >= 0.6 is 0 Å². The Morgan fingerprint density at radius 3 is 2.64 bits per heavy atom. The normalized spacial score (nSPS) is 23.2. The lowest BCUT2D eigenvalue weighted by Gasteiger charge is -2.27. The van der Waals surface area contributed by atoms with Crippen LogP contribution in [0.3, 0.4) is 0 Å². The van der Waals surface area contributed by atoms with Gasteiger partial charge in [-0.25, -0.2) is 0 Å². The lowest BCUT2D eigenvalue weighted by atomic mass is 9.86. The Hall–Kier alpha value is -1.10. The molecule has 0 saturated heterocycles. The van der Waals surface area contributed by atoms with E-state index in [1.54, 1.807) is 7.11 Å². The van der Waals surface area contributed by atoms with E-state index in [1.165, 1.54) is 25.7 Å². The molecule has 2 rings (SSSR count). The summed E-state index contributed by atoms with van der Waals surface area (Å²) < 4.78 is 10.7. The van der Waals surface area contributed by atoms with Crippen LogP contribution < -0.4 is 10.1 Å². The highest BCUT2D eigenvalue weighted by atomic mass is 16.5. The molecule has 4 nitrogen and oxygen atoms in total. The highest BCUT2D eigenvalue weighted by Crippen LogP contribution is 2.21. The van der Waals surface area contributed by atoms with Crippen molar-refractivity contribution in [1.82, 2.24) is 0 Å². The minimum atomic E-state index is -0.396. The third-order valence-corrected chi connectivity index (χ3v) is 4.63. The van der Waals surface area contributed by atoms with Gasteiger partial charge in [0.15, 0.2) is 0 Å². The number of ether oxygens (including phenoxy) is 2. The van der Waals surface area contributed by atoms with Crippen LogP contribution in [-0.4, -0.2) is 37.5 Å². The van der Waals surface area contributed by atoms with Crippen LogP contribution in [0, 0.1) is 5.92 Å². The van der Waals surface area contributed by atoms with Gasteiger partial charge in [-0.1, -0.05) is 25.5 Å². The first kappa shape index (κ1) is 17.3. The van der Waals surface area contributed by atoms with Crippen LogP contribution in [0.4, 0.5) is 0 Å². The lowest BCUT2D eigenvalue weighted by molar-refractivity contribution is -0.703. The largest absolute Gasteiger partial charge is 0.497 e. The molecule has 1 aromatic rings. The molecule has 0 amide bonds. The first-order valence-electron chi connectivity index (χ1n) is 8.41. The van der Waals surface area contributed by atoms with E-state index in [1.807, 2.05) is 24.3 Å². The fourth-order valence-corrected chi connectivity index (χ4v) is 3.13. The molecule has 1 fully saturated rings. The monoisotopic (exact) mass is 308 g/mol. The molecular formula is C18H30NO3+. The van der Waals surface area contributed by atoms with Crippen molar-refractivity contribution in [1.29, 1.82) is 0 Å². The topological polar surface area (TPSA) is 55.3 Å². The van der Waals surface area contributed by atoms with Gasteiger partial charge in [0, 0.05) is 5.92 Å². The Labute approximate surface area is 133 Å². The second-order valence-electron chi connectivity index (χ2n) is 6.41. The molecule has 0 aromatic heterocycles. The summed E-state index contributed by atoms with van der Waals surface area (Å²) in [5.41, 5.74) is 1.10. The highest BCUT2D eigenvalue weighted by Gasteiger charge is 2.24. The summed E-state index contributed by atoms with van der Waals surface area (Å²) >= 11 is 0. The Kier molecular flexibility index (Phi) is 7.16. The van der Waals surface area contributed by atoms with Crippen molar-refractivity contribution in [2.45, 2.75) is 51.4 Å². The zero-order chi connectivity index (χ0) is 15.8. The third kappa shape index (κ3) is 5.59. The number of aliphatic hydroxyl groups excluding tert-OH is 1. The van der Waals surface area contributed by atoms with Gasteiger partial charge >= 0.3 is 0 Å². The summed E-state index contributed by atoms with van der Waals surface area (Å²) in [6.45, 7) is 3.98. The summed E-state index contributed by atoms with van der Waals surface area (Å²) in [6, 6.07) is 8.49. The van der Waals surface area contributed by atoms with Crippen molar-refractivity contribution in [3.8, 4) is 5.75 Å². The third-order valence-electron chi connectivity index (χ3n) is 4.63. The number of aliphatic hydroxyl groups is 1. The van der Waals surface area contributed by atoms with E-state index in [0.29, 0.717) is 19.3 Å². The van der Waals surface area contributed by atoms with Crippen LogP contribution in [0.25, 0.3) is 0 Å². The predicted molar refractivity (Wildman–Crippen MR) is 86.9 cm³/mol. The molecule has 0 bridgehead atoms. The van der Waals surface area contributed by atoms with Crippen LogP contribution in [0.5, 0.6) is 5.75 Å². The second kappa shape index (κ2) is 9.13. The highest BCUT2D eigenvalue weighted by molar-refractivity contribution is 5.26. The van der Waals surface area contributed by atoms with Crippen LogP contribution in [0.15, 0.2) is 24.3 Å². The van der Waals surface area contributed by atoms with E-state index in [0.717, 1.165) is 23.8 Å². The minimum Gasteiger partial charge on any atom is -0.497 e. The van der Waals surface area contributed by atoms with E-state index >= 15 is 0 Å². The summed E-state index contributed by atoms with van der Waals surface area (Å²) in [5, 5.41) is 12.4. The van der Waals surface area contributed by atoms with Crippen LogP contribution in [-0.2, 0) is 11.3 Å². The quantitative estimate of drug-likeness (QED) is 0.769. The summed E-state index contributed by atoms with van der Waals surface area (Å²) in [6.07, 6.45) is 4.90. The summed E-state index contributed by atoms with van der Waals surface area (Å²) in [4.78, 5) is 0. The Balaban J connectivity index is 1.61. The number of hydrogen-bond acceptors (Lipinski definition) is 3. The van der Waals surface area contributed by atoms with Gasteiger partial charge in [-0.05, 0) is 37.0 Å². The molecule has 4 heteroatoms. The van der Waals surface area contributed by atoms with Gasteiger partial charge in [0.25, 0.3) is 0 Å². The number of methoxy groups -OCH3 is 1. The van der Waals surface area contributed by atoms with Gasteiger partial charge < -0.3 is 19.9 Å². The molecule has 0 radical (unpaired) electrons. The molecule has 0 heterocycles. The lowest BCUT2D eigenvalue weighted by Crippen LogP contribution is -2.93. The van der Waals surface area contributed by atoms with Crippen molar-refractivity contribution in [2.75, 3.05) is 20.3 Å². The molecule has 1 aliphatic rings. The molecule has 0 spiro atoms. The minimum absolute atomic E-state index is 0.392. The molecule has 124 valence electrons. The second-order valence-corrected chi connectivity index (χ2v) is 6.41. The van der Waals surface area contributed by atoms with Gasteiger partial charge in [0.1, 0.15) is 18.4 Å². The molecule has 3 N–H and O–H groups in total. The molecule has 22 heavy (non-hydrogen) atoms. The molecule has 0 aliphatic heterocycles. The standard InChI is InChI=1S/C18H29NO3/c1-14-5-3-4-6-18(14)19-11-16(20)13-22-12-15-7-9-17(21-2)10-8-15/h7-10,14,16,18-20H,3-6,11-13H2,1-2H3/p+1/t14-,16+,18+/m1/s1. The number of hydrogen-bond donors (Lipinski definition) is 2. The Bertz CT molecular complexity index is 421. The smallest absolute Gasteiger partial charge is 0.126 e. The average Bonchev–Trinajstić information content (AvgIpc) is 2.55. The molecule has 1 aliphatic carbocycles. The molecular weight excluding hydrogens is 278 g/mol. The van der Waals surface area contributed by atoms with Crippen LogP contribution in [0.1, 0.15) is 38.2 Å². The zero-order valence-corrected chi connectivity index (χ0v) is 13.8. The van der Waals surface area contributed by atoms with Gasteiger partial charge in [-0.2, -0.15) is 0 Å². The van der Waals surface area contributed by atoms with Gasteiger partial charge in [-0.3, -0.25) is 0 Å². The van der Waals surface area contributed by atoms with Crippen molar-refractivity contribution in [3.05, 3.63) is 29.8 Å². The molecule has 0 unspecified atom stereocenters. The number of quaternary nitrogens is 1. The summed E-state index contributed by atoms with van der Waals surface area (Å²) in [5.74, 6) is 1.61. The molecule has 1 saturated carbocycles. The fraction of sp³-hybridized carbons (Fsp3) is 0.667. The number of benzene rings is 1. The maximum Gasteiger partial charge on any atom is 0.126 e. The first-order valence-corrected chi connectivity index (χ1v) is 8.41. The van der Waals surface area contributed by atoms with E-state index in [9.17, 15) is 5.11 Å². The van der Waals surface area contributed by atoms with E-state index < -0.39 is 6.10 Å². The van der Waals surface area contributed by atoms with Crippen molar-refractivity contribution < 1.29 is 19.9 Å². The zero-order valence-electron chi connectivity index (χ0n) is 13.8. The first-order chi connectivity index (χ1) is 10.7. The van der Waals surface area contributed by atoms with Crippen molar-refractivity contribution >= 4 is 0 Å². The number of nitrogens with two attached hydrogens (primary N) is 1. The van der Waals surface area contributed by atoms with Gasteiger partial charge in [0.2, 0.25) is 0 Å². The van der Waals surface area contributed by atoms with E-state index in [4.69, 9.17) is 9.47 Å². The van der Waals surface area contributed by atoms with Crippen LogP contribution in [0.2, 0.25) is 0 Å². The molecule has 1 aromatic carbocycles. The predicted octanol–water partition coefficient (Wildman–Crippen LogP) is 1.71. The SMILES string of the molecule is COc1ccc(COC[C@@H](O)C[NH2+][C@H]2CCCC[C@H]2C)cc1. The maximum absolute atomic E-state index is 10.1. The van der Waals surface area contributed by atoms with Gasteiger partial charge in [0.05, 0.1) is 26.4 Å². The Morgan fingerprint density at radius 2 is 1.95 bits per heavy atom. The van der Waals surface area contributed by atoms with Gasteiger partial charge in [-0.15, -0.1) is 0 Å². The average molecular weight is 308 g/mol. The summed E-state index contributed by atoms with van der Waals surface area (Å²) in [7, 11) is 1.66. The van der Waals surface area contributed by atoms with Crippen molar-refractivity contribution in [3.63, 3.8) is 0 Å².